The van der Waals surface area contributed by atoms with Crippen molar-refractivity contribution >= 4 is 23.6 Å². The lowest BCUT2D eigenvalue weighted by atomic mass is 10.2. The maximum absolute atomic E-state index is 12.9. The lowest BCUT2D eigenvalue weighted by Crippen LogP contribution is -2.05. The van der Waals surface area contributed by atoms with Crippen LogP contribution >= 0.6 is 11.6 Å². The van der Waals surface area contributed by atoms with Crippen molar-refractivity contribution in [2.45, 2.75) is 6.92 Å². The number of carbonyl (C=O) groups is 1. The molecule has 0 spiro atoms. The summed E-state index contributed by atoms with van der Waals surface area (Å²) >= 11 is 6.19. The second kappa shape index (κ2) is 5.24. The zero-order valence-corrected chi connectivity index (χ0v) is 10.9. The largest absolute Gasteiger partial charge is 0.366 e. The summed E-state index contributed by atoms with van der Waals surface area (Å²) in [6.07, 6.45) is 2.72. The summed E-state index contributed by atoms with van der Waals surface area (Å²) in [5.74, 6) is -0.900. The highest BCUT2D eigenvalue weighted by molar-refractivity contribution is 6.31. The predicted molar refractivity (Wildman–Crippen MR) is 71.5 cm³/mol. The molecule has 0 atom stereocenters. The Hall–Kier alpha value is -2.14. The van der Waals surface area contributed by atoms with E-state index in [0.717, 1.165) is 0 Å². The molecule has 0 aliphatic heterocycles. The lowest BCUT2D eigenvalue weighted by Gasteiger charge is -2.02. The number of primary amides is 1. The third-order valence-corrected chi connectivity index (χ3v) is 2.90. The molecule has 0 aliphatic rings. The first-order valence-electron chi connectivity index (χ1n) is 5.47. The first-order valence-corrected chi connectivity index (χ1v) is 5.85. The summed E-state index contributed by atoms with van der Waals surface area (Å²) in [6.45, 7) is 1.76. The summed E-state index contributed by atoms with van der Waals surface area (Å²) < 4.78 is 14.3. The van der Waals surface area contributed by atoms with Gasteiger partial charge in [0.2, 0.25) is 5.91 Å². The molecule has 0 fully saturated rings. The van der Waals surface area contributed by atoms with Crippen molar-refractivity contribution in [3.05, 3.63) is 52.6 Å². The van der Waals surface area contributed by atoms with E-state index in [-0.39, 0.29) is 5.82 Å². The molecule has 2 rings (SSSR count). The number of aromatic nitrogens is 2. The first kappa shape index (κ1) is 13.3. The average molecular weight is 280 g/mol. The van der Waals surface area contributed by atoms with Gasteiger partial charge in [0.1, 0.15) is 11.0 Å². The second-order valence-corrected chi connectivity index (χ2v) is 4.27. The average Bonchev–Trinajstić information content (AvgIpc) is 2.63. The standard InChI is InChI=1S/C13H11ClFN3O/c1-8-11(6-7-12(16)19)13(14)18(17-8)10-4-2-9(15)3-5-10/h2-7H,1H3,(H2,16,19)/b7-6+. The molecule has 98 valence electrons. The minimum absolute atomic E-state index is 0.335. The Morgan fingerprint density at radius 1 is 1.42 bits per heavy atom. The summed E-state index contributed by atoms with van der Waals surface area (Å²) in [7, 11) is 0. The Labute approximate surface area is 114 Å². The molecule has 6 heteroatoms. The van der Waals surface area contributed by atoms with Crippen LogP contribution in [0.2, 0.25) is 5.15 Å². The van der Waals surface area contributed by atoms with Gasteiger partial charge < -0.3 is 5.73 Å². The maximum atomic E-state index is 12.9. The van der Waals surface area contributed by atoms with Crippen molar-refractivity contribution < 1.29 is 9.18 Å². The summed E-state index contributed by atoms with van der Waals surface area (Å²) in [6, 6.07) is 5.77. The minimum atomic E-state index is -0.565. The van der Waals surface area contributed by atoms with Crippen LogP contribution in [0.3, 0.4) is 0 Å². The second-order valence-electron chi connectivity index (χ2n) is 3.91. The Balaban J connectivity index is 2.46. The molecule has 0 bridgehead atoms. The Morgan fingerprint density at radius 2 is 2.05 bits per heavy atom. The third-order valence-electron chi connectivity index (χ3n) is 2.53. The highest BCUT2D eigenvalue weighted by atomic mass is 35.5. The summed E-state index contributed by atoms with van der Waals surface area (Å²) in [5.41, 5.74) is 6.92. The van der Waals surface area contributed by atoms with Crippen LogP contribution in [-0.4, -0.2) is 15.7 Å². The van der Waals surface area contributed by atoms with Crippen LogP contribution in [0, 0.1) is 12.7 Å². The molecule has 0 saturated heterocycles. The van der Waals surface area contributed by atoms with E-state index in [1.54, 1.807) is 19.1 Å². The SMILES string of the molecule is Cc1nn(-c2ccc(F)cc2)c(Cl)c1/C=C/C(N)=O. The number of nitrogens with two attached hydrogens (primary N) is 1. The van der Waals surface area contributed by atoms with Crippen molar-refractivity contribution in [2.24, 2.45) is 5.73 Å². The number of hydrogen-bond acceptors (Lipinski definition) is 2. The molecule has 4 nitrogen and oxygen atoms in total. The van der Waals surface area contributed by atoms with Crippen molar-refractivity contribution in [1.29, 1.82) is 0 Å². The van der Waals surface area contributed by atoms with Gasteiger partial charge >= 0.3 is 0 Å². The van der Waals surface area contributed by atoms with Crippen LogP contribution in [0.4, 0.5) is 4.39 Å². The quantitative estimate of drug-likeness (QED) is 0.878. The lowest BCUT2D eigenvalue weighted by molar-refractivity contribution is -0.113. The predicted octanol–water partition coefficient (Wildman–Crippen LogP) is 2.47. The number of carbonyl (C=O) groups excluding carboxylic acids is 1. The normalized spacial score (nSPS) is 11.1. The fourth-order valence-corrected chi connectivity index (χ4v) is 1.95. The van der Waals surface area contributed by atoms with E-state index in [9.17, 15) is 9.18 Å². The topological polar surface area (TPSA) is 60.9 Å². The van der Waals surface area contributed by atoms with Crippen LogP contribution < -0.4 is 5.73 Å². The van der Waals surface area contributed by atoms with Gasteiger partial charge in [-0.05, 0) is 37.3 Å². The molecule has 19 heavy (non-hydrogen) atoms. The monoisotopic (exact) mass is 279 g/mol. The van der Waals surface area contributed by atoms with E-state index in [0.29, 0.717) is 22.1 Å². The Kier molecular flexibility index (Phi) is 3.66. The number of amides is 1. The van der Waals surface area contributed by atoms with Gasteiger partial charge in [0.15, 0.2) is 0 Å². The summed E-state index contributed by atoms with van der Waals surface area (Å²) in [4.78, 5) is 10.7. The molecule has 1 heterocycles. The van der Waals surface area contributed by atoms with Crippen LogP contribution in [0.5, 0.6) is 0 Å². The highest BCUT2D eigenvalue weighted by Crippen LogP contribution is 2.24. The number of hydrogen-bond donors (Lipinski definition) is 1. The van der Waals surface area contributed by atoms with E-state index >= 15 is 0 Å². The summed E-state index contributed by atoms with van der Waals surface area (Å²) in [5, 5.41) is 4.58. The van der Waals surface area contributed by atoms with Gasteiger partial charge in [-0.3, -0.25) is 4.79 Å². The van der Waals surface area contributed by atoms with Gasteiger partial charge in [0.25, 0.3) is 0 Å². The van der Waals surface area contributed by atoms with E-state index in [1.165, 1.54) is 29.0 Å². The molecule has 0 saturated carbocycles. The zero-order valence-electron chi connectivity index (χ0n) is 10.1. The van der Waals surface area contributed by atoms with E-state index in [1.807, 2.05) is 0 Å². The number of nitrogens with zero attached hydrogens (tertiary/aromatic N) is 2. The molecule has 1 aromatic carbocycles. The maximum Gasteiger partial charge on any atom is 0.241 e. The van der Waals surface area contributed by atoms with Crippen molar-refractivity contribution in [2.75, 3.05) is 0 Å². The zero-order chi connectivity index (χ0) is 14.0. The van der Waals surface area contributed by atoms with E-state index < -0.39 is 5.91 Å². The molecular formula is C13H11ClFN3O. The molecular weight excluding hydrogens is 269 g/mol. The third kappa shape index (κ3) is 2.82. The van der Waals surface area contributed by atoms with Gasteiger partial charge in [0, 0.05) is 11.6 Å². The molecule has 0 aliphatic carbocycles. The van der Waals surface area contributed by atoms with Crippen LogP contribution in [0.25, 0.3) is 11.8 Å². The van der Waals surface area contributed by atoms with E-state index in [2.05, 4.69) is 5.10 Å². The molecule has 2 N–H and O–H groups in total. The van der Waals surface area contributed by atoms with Gasteiger partial charge in [0.05, 0.1) is 11.4 Å². The molecule has 0 unspecified atom stereocenters. The van der Waals surface area contributed by atoms with Crippen molar-refractivity contribution in [3.8, 4) is 5.69 Å². The molecule has 2 aromatic rings. The number of halogens is 2. The van der Waals surface area contributed by atoms with Gasteiger partial charge in [-0.15, -0.1) is 0 Å². The van der Waals surface area contributed by atoms with Gasteiger partial charge in [-0.2, -0.15) is 5.10 Å². The molecule has 1 amide bonds. The number of rotatable bonds is 3. The van der Waals surface area contributed by atoms with Crippen molar-refractivity contribution in [1.82, 2.24) is 9.78 Å². The fraction of sp³-hybridized carbons (Fsp3) is 0.0769. The van der Waals surface area contributed by atoms with E-state index in [4.69, 9.17) is 17.3 Å². The van der Waals surface area contributed by atoms with Crippen LogP contribution in [0.1, 0.15) is 11.3 Å². The number of aryl methyl sites for hydroxylation is 1. The smallest absolute Gasteiger partial charge is 0.241 e. The van der Waals surface area contributed by atoms with Crippen molar-refractivity contribution in [3.63, 3.8) is 0 Å². The van der Waals surface area contributed by atoms with Crippen LogP contribution in [0.15, 0.2) is 30.3 Å². The van der Waals surface area contributed by atoms with Gasteiger partial charge in [-0.1, -0.05) is 11.6 Å². The Bertz CT molecular complexity index is 647. The Morgan fingerprint density at radius 3 is 2.63 bits per heavy atom. The van der Waals surface area contributed by atoms with Crippen LogP contribution in [-0.2, 0) is 4.79 Å². The fourth-order valence-electron chi connectivity index (χ4n) is 1.62. The first-order chi connectivity index (χ1) is 8.99. The molecule has 1 aromatic heterocycles. The molecule has 0 radical (unpaired) electrons. The minimum Gasteiger partial charge on any atom is -0.366 e. The number of benzene rings is 1. The highest BCUT2D eigenvalue weighted by Gasteiger charge is 2.12. The van der Waals surface area contributed by atoms with Gasteiger partial charge in [-0.25, -0.2) is 9.07 Å².